The second-order valence-electron chi connectivity index (χ2n) is 3.86. The molecule has 0 saturated heterocycles. The van der Waals surface area contributed by atoms with E-state index in [2.05, 4.69) is 42.8 Å². The van der Waals surface area contributed by atoms with Crippen molar-refractivity contribution in [2.24, 2.45) is 0 Å². The summed E-state index contributed by atoms with van der Waals surface area (Å²) in [4.78, 5) is 15.9. The summed E-state index contributed by atoms with van der Waals surface area (Å²) in [6.07, 6.45) is 1.47. The van der Waals surface area contributed by atoms with Crippen molar-refractivity contribution >= 4 is 5.91 Å². The monoisotopic (exact) mass is 272 g/mol. The molecule has 2 aromatic rings. The van der Waals surface area contributed by atoms with Gasteiger partial charge in [0, 0.05) is 11.8 Å². The highest BCUT2D eigenvalue weighted by Gasteiger charge is 2.15. The minimum Gasteiger partial charge on any atom is -0.384 e. The van der Waals surface area contributed by atoms with E-state index in [1.165, 1.54) is 6.20 Å². The number of aliphatic hydroxyl groups is 1. The van der Waals surface area contributed by atoms with Crippen LogP contribution in [0.1, 0.15) is 34.8 Å². The van der Waals surface area contributed by atoms with Crippen LogP contribution in [0, 0.1) is 11.8 Å². The van der Waals surface area contributed by atoms with Crippen LogP contribution in [0.5, 0.6) is 0 Å². The zero-order valence-electron chi connectivity index (χ0n) is 10.7. The number of tetrazole rings is 1. The molecule has 102 valence electrons. The molecular formula is C12H12N6O2. The molecule has 1 amide bonds. The molecule has 0 aliphatic rings. The van der Waals surface area contributed by atoms with Crippen molar-refractivity contribution in [2.75, 3.05) is 6.61 Å². The molecule has 2 aromatic heterocycles. The lowest BCUT2D eigenvalue weighted by Crippen LogP contribution is -2.28. The van der Waals surface area contributed by atoms with E-state index in [1.807, 2.05) is 0 Å². The first kappa shape index (κ1) is 13.6. The Morgan fingerprint density at radius 3 is 3.00 bits per heavy atom. The fourth-order valence-electron chi connectivity index (χ4n) is 1.43. The molecule has 0 fully saturated rings. The van der Waals surface area contributed by atoms with Crippen molar-refractivity contribution in [3.63, 3.8) is 0 Å². The second-order valence-corrected chi connectivity index (χ2v) is 3.86. The normalized spacial score (nSPS) is 11.3. The first-order chi connectivity index (χ1) is 9.70. The van der Waals surface area contributed by atoms with Crippen LogP contribution in [-0.2, 0) is 0 Å². The van der Waals surface area contributed by atoms with Crippen LogP contribution in [0.3, 0.4) is 0 Å². The molecule has 3 N–H and O–H groups in total. The predicted octanol–water partition coefficient (Wildman–Crippen LogP) is -0.571. The van der Waals surface area contributed by atoms with Gasteiger partial charge >= 0.3 is 0 Å². The smallest absolute Gasteiger partial charge is 0.270 e. The third-order valence-corrected chi connectivity index (χ3v) is 2.40. The number of nitrogens with one attached hydrogen (secondary N) is 2. The number of amides is 1. The fraction of sp³-hybridized carbons (Fsp3) is 0.250. The topological polar surface area (TPSA) is 117 Å². The van der Waals surface area contributed by atoms with Gasteiger partial charge in [-0.05, 0) is 19.1 Å². The van der Waals surface area contributed by atoms with Gasteiger partial charge < -0.3 is 10.4 Å². The average molecular weight is 272 g/mol. The van der Waals surface area contributed by atoms with Crippen molar-refractivity contribution in [3.8, 4) is 11.8 Å². The molecule has 0 aliphatic heterocycles. The number of carbonyl (C=O) groups excluding carboxylic acids is 1. The number of pyridine rings is 1. The van der Waals surface area contributed by atoms with Gasteiger partial charge in [0.2, 0.25) is 0 Å². The maximum atomic E-state index is 11.9. The van der Waals surface area contributed by atoms with E-state index in [1.54, 1.807) is 19.1 Å². The Morgan fingerprint density at radius 2 is 2.40 bits per heavy atom. The highest BCUT2D eigenvalue weighted by Crippen LogP contribution is 2.05. The Kier molecular flexibility index (Phi) is 4.36. The first-order valence-electron chi connectivity index (χ1n) is 5.80. The Bertz CT molecular complexity index is 626. The van der Waals surface area contributed by atoms with Crippen LogP contribution in [0.4, 0.5) is 0 Å². The van der Waals surface area contributed by atoms with Gasteiger partial charge in [-0.2, -0.15) is 5.21 Å². The summed E-state index contributed by atoms with van der Waals surface area (Å²) in [6.45, 7) is 1.52. The summed E-state index contributed by atoms with van der Waals surface area (Å²) >= 11 is 0. The summed E-state index contributed by atoms with van der Waals surface area (Å²) in [5, 5.41) is 24.6. The summed E-state index contributed by atoms with van der Waals surface area (Å²) in [5.74, 6) is 5.25. The Hall–Kier alpha value is -2.79. The Balaban J connectivity index is 2.02. The minimum absolute atomic E-state index is 0.218. The number of aromatic amines is 1. The predicted molar refractivity (Wildman–Crippen MR) is 68.3 cm³/mol. The number of carbonyl (C=O) groups is 1. The molecule has 2 rings (SSSR count). The van der Waals surface area contributed by atoms with Crippen molar-refractivity contribution < 1.29 is 9.90 Å². The molecule has 0 aliphatic carbocycles. The fourth-order valence-corrected chi connectivity index (χ4v) is 1.43. The summed E-state index contributed by atoms with van der Waals surface area (Å²) in [6, 6.07) is 2.83. The Labute approximate surface area is 114 Å². The molecule has 2 heterocycles. The first-order valence-corrected chi connectivity index (χ1v) is 5.80. The SMILES string of the molecule is CC(NC(=O)c1ccc(C#CCO)cn1)c1nn[nH]n1. The standard InChI is InChI=1S/C12H12N6O2/c1-8(11-15-17-18-16-11)14-12(20)10-5-4-9(7-13-10)3-2-6-19/h4-5,7-8,19H,6H2,1H3,(H,14,20)(H,15,16,17,18). The number of aromatic nitrogens is 5. The second kappa shape index (κ2) is 6.40. The lowest BCUT2D eigenvalue weighted by atomic mass is 10.2. The number of aliphatic hydroxyl groups excluding tert-OH is 1. The summed E-state index contributed by atoms with van der Waals surface area (Å²) in [7, 11) is 0. The number of hydrogen-bond donors (Lipinski definition) is 3. The molecule has 8 nitrogen and oxygen atoms in total. The third kappa shape index (κ3) is 3.37. The highest BCUT2D eigenvalue weighted by atomic mass is 16.2. The number of nitrogens with zero attached hydrogens (tertiary/aromatic N) is 4. The van der Waals surface area contributed by atoms with E-state index in [4.69, 9.17) is 5.11 Å². The number of rotatable bonds is 3. The zero-order valence-corrected chi connectivity index (χ0v) is 10.7. The van der Waals surface area contributed by atoms with Gasteiger partial charge in [0.1, 0.15) is 12.3 Å². The van der Waals surface area contributed by atoms with Crippen LogP contribution in [0.25, 0.3) is 0 Å². The lowest BCUT2D eigenvalue weighted by molar-refractivity contribution is 0.0933. The largest absolute Gasteiger partial charge is 0.384 e. The Morgan fingerprint density at radius 1 is 1.55 bits per heavy atom. The van der Waals surface area contributed by atoms with Crippen molar-refractivity contribution in [1.29, 1.82) is 0 Å². The highest BCUT2D eigenvalue weighted by molar-refractivity contribution is 5.92. The maximum absolute atomic E-state index is 11.9. The number of H-pyrrole nitrogens is 1. The molecule has 0 spiro atoms. The van der Waals surface area contributed by atoms with Gasteiger partial charge in [0.15, 0.2) is 5.82 Å². The van der Waals surface area contributed by atoms with E-state index in [0.29, 0.717) is 11.4 Å². The van der Waals surface area contributed by atoms with Crippen LogP contribution < -0.4 is 5.32 Å². The molecule has 8 heteroatoms. The van der Waals surface area contributed by atoms with Crippen LogP contribution in [0.2, 0.25) is 0 Å². The molecule has 0 radical (unpaired) electrons. The van der Waals surface area contributed by atoms with Crippen LogP contribution in [-0.4, -0.2) is 43.2 Å². The van der Waals surface area contributed by atoms with Crippen molar-refractivity contribution in [1.82, 2.24) is 30.9 Å². The van der Waals surface area contributed by atoms with E-state index in [0.717, 1.165) is 0 Å². The molecule has 1 unspecified atom stereocenters. The van der Waals surface area contributed by atoms with E-state index in [9.17, 15) is 4.79 Å². The van der Waals surface area contributed by atoms with E-state index in [-0.39, 0.29) is 24.2 Å². The lowest BCUT2D eigenvalue weighted by Gasteiger charge is -2.09. The molecule has 1 atom stereocenters. The van der Waals surface area contributed by atoms with Gasteiger partial charge in [-0.15, -0.1) is 10.2 Å². The average Bonchev–Trinajstić information content (AvgIpc) is 3.00. The molecule has 0 saturated carbocycles. The zero-order chi connectivity index (χ0) is 14.4. The van der Waals surface area contributed by atoms with Crippen molar-refractivity contribution in [2.45, 2.75) is 13.0 Å². The maximum Gasteiger partial charge on any atom is 0.270 e. The quantitative estimate of drug-likeness (QED) is 0.644. The molecule has 20 heavy (non-hydrogen) atoms. The minimum atomic E-state index is -0.378. The summed E-state index contributed by atoms with van der Waals surface area (Å²) in [5.41, 5.74) is 0.886. The third-order valence-electron chi connectivity index (χ3n) is 2.40. The van der Waals surface area contributed by atoms with Gasteiger partial charge in [-0.1, -0.05) is 17.1 Å². The molecular weight excluding hydrogens is 260 g/mol. The van der Waals surface area contributed by atoms with E-state index >= 15 is 0 Å². The van der Waals surface area contributed by atoms with Gasteiger partial charge in [0.25, 0.3) is 5.91 Å². The van der Waals surface area contributed by atoms with Crippen molar-refractivity contribution in [3.05, 3.63) is 35.4 Å². The molecule has 0 aromatic carbocycles. The van der Waals surface area contributed by atoms with Gasteiger partial charge in [-0.25, -0.2) is 4.98 Å². The van der Waals surface area contributed by atoms with Gasteiger partial charge in [0.05, 0.1) is 6.04 Å². The van der Waals surface area contributed by atoms with Crippen LogP contribution >= 0.6 is 0 Å². The van der Waals surface area contributed by atoms with Gasteiger partial charge in [-0.3, -0.25) is 4.79 Å². The van der Waals surface area contributed by atoms with E-state index < -0.39 is 0 Å². The van der Waals surface area contributed by atoms with Crippen LogP contribution in [0.15, 0.2) is 18.3 Å². The summed E-state index contributed by atoms with van der Waals surface area (Å²) < 4.78 is 0. The number of hydrogen-bond acceptors (Lipinski definition) is 6. The molecule has 0 bridgehead atoms.